The Morgan fingerprint density at radius 1 is 1.27 bits per heavy atom. The van der Waals surface area contributed by atoms with E-state index >= 15 is 0 Å². The van der Waals surface area contributed by atoms with Crippen molar-refractivity contribution in [2.75, 3.05) is 25.0 Å². The van der Waals surface area contributed by atoms with Gasteiger partial charge in [-0.15, -0.1) is 0 Å². The second-order valence-corrected chi connectivity index (χ2v) is 6.40. The summed E-state index contributed by atoms with van der Waals surface area (Å²) in [5.74, 6) is -0.370. The van der Waals surface area contributed by atoms with E-state index in [9.17, 15) is 9.59 Å². The van der Waals surface area contributed by atoms with Crippen molar-refractivity contribution in [2.45, 2.75) is 19.9 Å². The van der Waals surface area contributed by atoms with Crippen LogP contribution in [0.2, 0.25) is 0 Å². The average Bonchev–Trinajstić information content (AvgIpc) is 3.01. The Morgan fingerprint density at radius 3 is 2.92 bits per heavy atom. The molecule has 1 fully saturated rings. The Hall–Kier alpha value is -2.96. The number of hydrogen-bond acceptors (Lipinski definition) is 5. The van der Waals surface area contributed by atoms with E-state index in [0.717, 1.165) is 16.9 Å². The summed E-state index contributed by atoms with van der Waals surface area (Å²) in [6, 6.07) is 7.52. The van der Waals surface area contributed by atoms with Crippen LogP contribution in [0.15, 0.2) is 42.9 Å². The third-order valence-electron chi connectivity index (χ3n) is 4.42. The highest BCUT2D eigenvalue weighted by Crippen LogP contribution is 2.19. The molecule has 0 spiro atoms. The number of nitrogens with zero attached hydrogens (tertiary/aromatic N) is 3. The molecule has 2 amide bonds. The van der Waals surface area contributed by atoms with Gasteiger partial charge in [0.15, 0.2) is 0 Å². The third-order valence-corrected chi connectivity index (χ3v) is 4.42. The lowest BCUT2D eigenvalue weighted by Gasteiger charge is -2.16. The van der Waals surface area contributed by atoms with Gasteiger partial charge >= 0.3 is 0 Å². The number of nitrogens with one attached hydrogen (secondary N) is 2. The van der Waals surface area contributed by atoms with Crippen molar-refractivity contribution in [2.24, 2.45) is 5.92 Å². The van der Waals surface area contributed by atoms with Gasteiger partial charge in [-0.3, -0.25) is 19.6 Å². The molecule has 0 bridgehead atoms. The first-order chi connectivity index (χ1) is 12.6. The number of aromatic nitrogens is 2. The quantitative estimate of drug-likeness (QED) is 0.734. The van der Waals surface area contributed by atoms with E-state index in [-0.39, 0.29) is 24.2 Å². The van der Waals surface area contributed by atoms with E-state index < -0.39 is 0 Å². The van der Waals surface area contributed by atoms with Gasteiger partial charge < -0.3 is 15.5 Å². The second kappa shape index (κ2) is 8.42. The van der Waals surface area contributed by atoms with Crippen LogP contribution < -0.4 is 10.6 Å². The summed E-state index contributed by atoms with van der Waals surface area (Å²) < 4.78 is 0. The van der Waals surface area contributed by atoms with Gasteiger partial charge in [-0.05, 0) is 30.7 Å². The maximum atomic E-state index is 12.3. The second-order valence-electron chi connectivity index (χ2n) is 6.40. The van der Waals surface area contributed by atoms with Crippen molar-refractivity contribution < 1.29 is 9.59 Å². The highest BCUT2D eigenvalue weighted by molar-refractivity contribution is 5.89. The zero-order valence-electron chi connectivity index (χ0n) is 14.8. The zero-order valence-corrected chi connectivity index (χ0v) is 14.8. The molecule has 7 nitrogen and oxygen atoms in total. The van der Waals surface area contributed by atoms with Crippen LogP contribution >= 0.6 is 0 Å². The molecule has 1 atom stereocenters. The number of anilines is 1. The lowest BCUT2D eigenvalue weighted by atomic mass is 10.1. The van der Waals surface area contributed by atoms with E-state index in [2.05, 4.69) is 20.6 Å². The summed E-state index contributed by atoms with van der Waals surface area (Å²) >= 11 is 0. The van der Waals surface area contributed by atoms with Gasteiger partial charge in [-0.1, -0.05) is 6.07 Å². The topological polar surface area (TPSA) is 87.2 Å². The van der Waals surface area contributed by atoms with Crippen molar-refractivity contribution in [3.05, 3.63) is 54.1 Å². The summed E-state index contributed by atoms with van der Waals surface area (Å²) in [5, 5.41) is 6.18. The van der Waals surface area contributed by atoms with Gasteiger partial charge in [0, 0.05) is 50.3 Å². The molecule has 1 aliphatic rings. The first-order valence-corrected chi connectivity index (χ1v) is 8.73. The van der Waals surface area contributed by atoms with Crippen LogP contribution in [-0.4, -0.2) is 46.3 Å². The minimum absolute atomic E-state index is 0.00124. The summed E-state index contributed by atoms with van der Waals surface area (Å²) in [7, 11) is 0. The van der Waals surface area contributed by atoms with Crippen LogP contribution in [0.3, 0.4) is 0 Å². The highest BCUT2D eigenvalue weighted by Gasteiger charge is 2.34. The molecule has 3 rings (SSSR count). The molecule has 1 aliphatic heterocycles. The first-order valence-electron chi connectivity index (χ1n) is 8.73. The number of amides is 2. The van der Waals surface area contributed by atoms with Crippen LogP contribution in [0.1, 0.15) is 17.7 Å². The molecule has 136 valence electrons. The lowest BCUT2D eigenvalue weighted by Crippen LogP contribution is -2.35. The number of carbonyl (C=O) groups excluding carboxylic acids is 2. The Morgan fingerprint density at radius 2 is 2.15 bits per heavy atom. The number of rotatable bonds is 7. The zero-order chi connectivity index (χ0) is 18.4. The minimum Gasteiger partial charge on any atom is -0.383 e. The molecule has 0 aromatic carbocycles. The fourth-order valence-corrected chi connectivity index (χ4v) is 2.99. The monoisotopic (exact) mass is 353 g/mol. The molecule has 0 radical (unpaired) electrons. The maximum absolute atomic E-state index is 12.3. The van der Waals surface area contributed by atoms with E-state index in [4.69, 9.17) is 0 Å². The number of carbonyl (C=O) groups is 2. The molecule has 2 aromatic rings. The molecule has 26 heavy (non-hydrogen) atoms. The lowest BCUT2D eigenvalue weighted by molar-refractivity contribution is -0.129. The van der Waals surface area contributed by atoms with Crippen molar-refractivity contribution in [3.63, 3.8) is 0 Å². The molecule has 0 aliphatic carbocycles. The third kappa shape index (κ3) is 4.56. The van der Waals surface area contributed by atoms with E-state index in [1.54, 1.807) is 23.5 Å². The molecular formula is C19H23N5O2. The fraction of sp³-hybridized carbons (Fsp3) is 0.368. The maximum Gasteiger partial charge on any atom is 0.225 e. The molecule has 7 heteroatoms. The van der Waals surface area contributed by atoms with Crippen molar-refractivity contribution in [3.8, 4) is 0 Å². The van der Waals surface area contributed by atoms with Crippen molar-refractivity contribution in [1.82, 2.24) is 20.2 Å². The molecule has 0 unspecified atom stereocenters. The minimum atomic E-state index is -0.297. The van der Waals surface area contributed by atoms with Crippen LogP contribution in [-0.2, 0) is 16.1 Å². The molecular weight excluding hydrogens is 330 g/mol. The van der Waals surface area contributed by atoms with Gasteiger partial charge in [-0.2, -0.15) is 0 Å². The Labute approximate surface area is 152 Å². The highest BCUT2D eigenvalue weighted by atomic mass is 16.2. The summed E-state index contributed by atoms with van der Waals surface area (Å²) in [5.41, 5.74) is 2.90. The Bertz CT molecular complexity index is 766. The van der Waals surface area contributed by atoms with Crippen LogP contribution in [0.25, 0.3) is 0 Å². The molecule has 3 heterocycles. The molecule has 0 saturated carbocycles. The largest absolute Gasteiger partial charge is 0.383 e. The SMILES string of the molecule is Cc1cnccc1NCCNC(=O)[C@@H]1CC(=O)N(Cc2ccccn2)C1. The van der Waals surface area contributed by atoms with Crippen LogP contribution in [0.4, 0.5) is 5.69 Å². The summed E-state index contributed by atoms with van der Waals surface area (Å²) in [6.45, 7) is 4.00. The molecule has 2 N–H and O–H groups in total. The number of aryl methyl sites for hydroxylation is 1. The summed E-state index contributed by atoms with van der Waals surface area (Å²) in [4.78, 5) is 34.5. The van der Waals surface area contributed by atoms with Crippen molar-refractivity contribution >= 4 is 17.5 Å². The average molecular weight is 353 g/mol. The smallest absolute Gasteiger partial charge is 0.225 e. The predicted molar refractivity (Wildman–Crippen MR) is 98.2 cm³/mol. The standard InChI is InChI=1S/C19H23N5O2/c1-14-11-20-7-5-17(14)22-8-9-23-19(26)15-10-18(25)24(12-15)13-16-4-2-3-6-21-16/h2-7,11,15H,8-10,12-13H2,1H3,(H,20,22)(H,23,26)/t15-/m1/s1. The van der Waals surface area contributed by atoms with Crippen molar-refractivity contribution in [1.29, 1.82) is 0 Å². The van der Waals surface area contributed by atoms with Crippen LogP contribution in [0, 0.1) is 12.8 Å². The van der Waals surface area contributed by atoms with E-state index in [0.29, 0.717) is 26.2 Å². The molecule has 1 saturated heterocycles. The fourth-order valence-electron chi connectivity index (χ4n) is 2.99. The number of hydrogen-bond donors (Lipinski definition) is 2. The first kappa shape index (κ1) is 17.8. The Kier molecular flexibility index (Phi) is 5.78. The predicted octanol–water partition coefficient (Wildman–Crippen LogP) is 1.36. The number of pyridine rings is 2. The van der Waals surface area contributed by atoms with Gasteiger partial charge in [0.25, 0.3) is 0 Å². The van der Waals surface area contributed by atoms with E-state index in [1.807, 2.05) is 31.2 Å². The van der Waals surface area contributed by atoms with Crippen LogP contribution in [0.5, 0.6) is 0 Å². The van der Waals surface area contributed by atoms with Gasteiger partial charge in [0.2, 0.25) is 11.8 Å². The molecule has 2 aromatic heterocycles. The normalized spacial score (nSPS) is 16.6. The van der Waals surface area contributed by atoms with Gasteiger partial charge in [-0.25, -0.2) is 0 Å². The number of likely N-dealkylation sites (tertiary alicyclic amines) is 1. The summed E-state index contributed by atoms with van der Waals surface area (Å²) in [6.07, 6.45) is 5.49. The van der Waals surface area contributed by atoms with Gasteiger partial charge in [0.05, 0.1) is 18.2 Å². The van der Waals surface area contributed by atoms with Gasteiger partial charge in [0.1, 0.15) is 0 Å². The Balaban J connectivity index is 1.42. The van der Waals surface area contributed by atoms with E-state index in [1.165, 1.54) is 0 Å².